The van der Waals surface area contributed by atoms with Gasteiger partial charge in [0.15, 0.2) is 0 Å². The van der Waals surface area contributed by atoms with Crippen molar-refractivity contribution in [2.75, 3.05) is 6.17 Å². The number of carbonyl (C=O) groups is 1. The highest BCUT2D eigenvalue weighted by Crippen LogP contribution is 1.93. The second kappa shape index (κ2) is 5.82. The van der Waals surface area contributed by atoms with Gasteiger partial charge in [0.25, 0.3) is 5.97 Å². The lowest BCUT2D eigenvalue weighted by atomic mass is 10.2. The molecule has 0 radical (unpaired) electrons. The van der Waals surface area contributed by atoms with Crippen LogP contribution in [0.2, 0.25) is 0 Å². The van der Waals surface area contributed by atoms with Crippen LogP contribution in [-0.4, -0.2) is 28.0 Å². The van der Waals surface area contributed by atoms with Gasteiger partial charge in [-0.25, -0.2) is 9.79 Å². The van der Waals surface area contributed by atoms with Crippen LogP contribution < -0.4 is 0 Å². The Bertz CT molecular complexity index is 175. The first kappa shape index (κ1) is 10.1. The highest BCUT2D eigenvalue weighted by molar-refractivity contribution is 6.30. The quantitative estimate of drug-likeness (QED) is 0.251. The molecule has 5 heteroatoms. The van der Waals surface area contributed by atoms with Crippen LogP contribution in [-0.2, 0) is 14.0 Å². The molecule has 0 spiro atoms. The van der Waals surface area contributed by atoms with Crippen molar-refractivity contribution in [1.82, 2.24) is 0 Å². The Kier molecular flexibility index (Phi) is 5.33. The zero-order valence-corrected chi connectivity index (χ0v) is 8.08. The lowest BCUT2D eigenvalue weighted by molar-refractivity contribution is -0.137. The van der Waals surface area contributed by atoms with E-state index in [1.165, 1.54) is 6.08 Å². The normalized spacial score (nSPS) is 10.1. The Morgan fingerprint density at radius 1 is 1.73 bits per heavy atom. The standard InChI is InChI=1S/C6H11NO3Si/c1-5(2)6(9)10-11-4-7-3-8/h5H,4,11H2,1-2H3. The minimum Gasteiger partial charge on any atom is -0.523 e. The molecule has 0 aliphatic carbocycles. The van der Waals surface area contributed by atoms with E-state index < -0.39 is 9.76 Å². The number of isocyanates is 1. The second-order valence-corrected chi connectivity index (χ2v) is 3.44. The maximum absolute atomic E-state index is 10.8. The van der Waals surface area contributed by atoms with Gasteiger partial charge >= 0.3 is 0 Å². The van der Waals surface area contributed by atoms with E-state index in [1.54, 1.807) is 13.8 Å². The second-order valence-electron chi connectivity index (χ2n) is 2.30. The molecule has 0 bridgehead atoms. The van der Waals surface area contributed by atoms with Gasteiger partial charge in [0.05, 0.1) is 6.17 Å². The molecule has 0 amide bonds. The van der Waals surface area contributed by atoms with Crippen LogP contribution in [0.4, 0.5) is 0 Å². The van der Waals surface area contributed by atoms with Crippen molar-refractivity contribution in [3.63, 3.8) is 0 Å². The van der Waals surface area contributed by atoms with Gasteiger partial charge in [-0.15, -0.1) is 0 Å². The Labute approximate surface area is 67.6 Å². The zero-order chi connectivity index (χ0) is 8.69. The van der Waals surface area contributed by atoms with Gasteiger partial charge in [-0.2, -0.15) is 0 Å². The van der Waals surface area contributed by atoms with Gasteiger partial charge in [0.2, 0.25) is 15.8 Å². The number of nitrogens with zero attached hydrogens (tertiary/aromatic N) is 1. The van der Waals surface area contributed by atoms with Gasteiger partial charge < -0.3 is 4.43 Å². The monoisotopic (exact) mass is 173 g/mol. The predicted molar refractivity (Wildman–Crippen MR) is 42.5 cm³/mol. The first-order chi connectivity index (χ1) is 5.18. The molecule has 0 heterocycles. The van der Waals surface area contributed by atoms with Gasteiger partial charge in [-0.1, -0.05) is 13.8 Å². The van der Waals surface area contributed by atoms with E-state index in [0.717, 1.165) is 0 Å². The van der Waals surface area contributed by atoms with Crippen molar-refractivity contribution < 1.29 is 14.0 Å². The molecule has 4 nitrogen and oxygen atoms in total. The summed E-state index contributed by atoms with van der Waals surface area (Å²) < 4.78 is 4.83. The molecular formula is C6H11NO3Si. The average molecular weight is 173 g/mol. The average Bonchev–Trinajstić information content (AvgIpc) is 1.97. The van der Waals surface area contributed by atoms with E-state index in [-0.39, 0.29) is 11.9 Å². The van der Waals surface area contributed by atoms with E-state index in [1.807, 2.05) is 0 Å². The molecule has 0 aliphatic rings. The highest BCUT2D eigenvalue weighted by Gasteiger charge is 2.06. The summed E-state index contributed by atoms with van der Waals surface area (Å²) in [6, 6.07) is 0. The summed E-state index contributed by atoms with van der Waals surface area (Å²) in [7, 11) is -0.969. The smallest absolute Gasteiger partial charge is 0.294 e. The lowest BCUT2D eigenvalue weighted by Gasteiger charge is -2.04. The number of hydrogen-bond donors (Lipinski definition) is 0. The summed E-state index contributed by atoms with van der Waals surface area (Å²) >= 11 is 0. The maximum Gasteiger partial charge on any atom is 0.294 e. The molecule has 0 N–H and O–H groups in total. The van der Waals surface area contributed by atoms with E-state index in [4.69, 9.17) is 4.43 Å². The van der Waals surface area contributed by atoms with Crippen molar-refractivity contribution in [2.24, 2.45) is 10.9 Å². The lowest BCUT2D eigenvalue weighted by Crippen LogP contribution is -2.16. The van der Waals surface area contributed by atoms with Gasteiger partial charge in [-0.05, 0) is 0 Å². The molecule has 0 aromatic heterocycles. The fraction of sp³-hybridized carbons (Fsp3) is 0.667. The molecule has 0 rings (SSSR count). The van der Waals surface area contributed by atoms with Crippen molar-refractivity contribution in [1.29, 1.82) is 0 Å². The molecule has 0 saturated heterocycles. The Hall–Kier alpha value is -0.933. The third-order valence-electron chi connectivity index (χ3n) is 0.983. The highest BCUT2D eigenvalue weighted by atomic mass is 28.2. The van der Waals surface area contributed by atoms with Crippen molar-refractivity contribution in [2.45, 2.75) is 13.8 Å². The molecule has 0 fully saturated rings. The molecular weight excluding hydrogens is 162 g/mol. The molecule has 0 atom stereocenters. The van der Waals surface area contributed by atoms with Crippen LogP contribution in [0.5, 0.6) is 0 Å². The van der Waals surface area contributed by atoms with Crippen molar-refractivity contribution in [3.05, 3.63) is 0 Å². The molecule has 11 heavy (non-hydrogen) atoms. The van der Waals surface area contributed by atoms with Crippen molar-refractivity contribution >= 4 is 21.8 Å². The summed E-state index contributed by atoms with van der Waals surface area (Å²) in [5, 5.41) is 0. The molecule has 0 aromatic rings. The largest absolute Gasteiger partial charge is 0.523 e. The van der Waals surface area contributed by atoms with Crippen LogP contribution in [0.15, 0.2) is 4.99 Å². The third kappa shape index (κ3) is 5.51. The van der Waals surface area contributed by atoms with Gasteiger partial charge in [-0.3, -0.25) is 4.79 Å². The number of hydrogen-bond acceptors (Lipinski definition) is 4. The fourth-order valence-corrected chi connectivity index (χ4v) is 1.21. The van der Waals surface area contributed by atoms with Crippen LogP contribution in [0.1, 0.15) is 13.8 Å². The summed E-state index contributed by atoms with van der Waals surface area (Å²) in [5.41, 5.74) is 0. The summed E-state index contributed by atoms with van der Waals surface area (Å²) in [6.45, 7) is 3.53. The Morgan fingerprint density at radius 2 is 2.36 bits per heavy atom. The Morgan fingerprint density at radius 3 is 2.82 bits per heavy atom. The summed E-state index contributed by atoms with van der Waals surface area (Å²) in [4.78, 5) is 23.6. The first-order valence-corrected chi connectivity index (χ1v) is 4.96. The van der Waals surface area contributed by atoms with Crippen LogP contribution in [0.25, 0.3) is 0 Å². The number of aliphatic imine (C=N–C) groups is 1. The maximum atomic E-state index is 10.8. The SMILES string of the molecule is CC(C)C(=O)O[SiH2]CN=C=O. The predicted octanol–water partition coefficient (Wildman–Crippen LogP) is -0.437. The van der Waals surface area contributed by atoms with Crippen LogP contribution in [0, 0.1) is 5.92 Å². The summed E-state index contributed by atoms with van der Waals surface area (Å²) in [5.74, 6) is -0.305. The summed E-state index contributed by atoms with van der Waals surface area (Å²) in [6.07, 6.45) is 1.72. The van der Waals surface area contributed by atoms with E-state index >= 15 is 0 Å². The van der Waals surface area contributed by atoms with E-state index in [9.17, 15) is 9.59 Å². The van der Waals surface area contributed by atoms with Crippen LogP contribution in [0.3, 0.4) is 0 Å². The van der Waals surface area contributed by atoms with Crippen molar-refractivity contribution in [3.8, 4) is 0 Å². The molecule has 0 aromatic carbocycles. The number of rotatable bonds is 4. The van der Waals surface area contributed by atoms with Crippen LogP contribution >= 0.6 is 0 Å². The van der Waals surface area contributed by atoms with E-state index in [0.29, 0.717) is 6.17 Å². The third-order valence-corrected chi connectivity index (χ3v) is 1.88. The van der Waals surface area contributed by atoms with Gasteiger partial charge in [0, 0.05) is 5.92 Å². The van der Waals surface area contributed by atoms with E-state index in [2.05, 4.69) is 4.99 Å². The molecule has 0 saturated carbocycles. The minimum absolute atomic E-state index is 0.0947. The topological polar surface area (TPSA) is 55.7 Å². The molecule has 0 aliphatic heterocycles. The molecule has 62 valence electrons. The molecule has 0 unspecified atom stereocenters. The fourth-order valence-electron chi connectivity index (χ4n) is 0.404. The minimum atomic E-state index is -0.969. The van der Waals surface area contributed by atoms with Gasteiger partial charge in [0.1, 0.15) is 0 Å². The zero-order valence-electron chi connectivity index (χ0n) is 6.66. The Balaban J connectivity index is 3.39. The first-order valence-electron chi connectivity index (χ1n) is 3.38. The number of carbonyl (C=O) groups excluding carboxylic acids is 2.